The Bertz CT molecular complexity index is 1100. The molecule has 180 valence electrons. The van der Waals surface area contributed by atoms with Crippen LogP contribution in [0, 0.1) is 21.7 Å². The van der Waals surface area contributed by atoms with Gasteiger partial charge in [-0.25, -0.2) is 17.2 Å². The molecule has 1 aliphatic heterocycles. The van der Waals surface area contributed by atoms with Gasteiger partial charge in [-0.05, 0) is 42.7 Å². The van der Waals surface area contributed by atoms with E-state index in [0.29, 0.717) is 38.0 Å². The largest absolute Gasteiger partial charge is 0.377 e. The van der Waals surface area contributed by atoms with Gasteiger partial charge in [0.1, 0.15) is 5.69 Å². The van der Waals surface area contributed by atoms with Crippen LogP contribution in [-0.2, 0) is 16.6 Å². The Morgan fingerprint density at radius 3 is 2.33 bits per heavy atom. The van der Waals surface area contributed by atoms with Crippen LogP contribution in [0.3, 0.4) is 0 Å². The lowest BCUT2D eigenvalue weighted by Gasteiger charge is -2.32. The molecular formula is C22H28F2N4O4S. The van der Waals surface area contributed by atoms with Gasteiger partial charge in [0.05, 0.1) is 9.82 Å². The number of piperidine rings is 1. The smallest absolute Gasteiger partial charge is 0.293 e. The molecule has 0 aromatic heterocycles. The second kappa shape index (κ2) is 10.5. The Kier molecular flexibility index (Phi) is 7.98. The quantitative estimate of drug-likeness (QED) is 0.429. The van der Waals surface area contributed by atoms with Crippen LogP contribution >= 0.6 is 0 Å². The van der Waals surface area contributed by atoms with Gasteiger partial charge in [0.2, 0.25) is 10.0 Å². The van der Waals surface area contributed by atoms with Crippen molar-refractivity contribution < 1.29 is 22.1 Å². The maximum atomic E-state index is 13.4. The predicted molar refractivity (Wildman–Crippen MR) is 121 cm³/mol. The second-order valence-electron chi connectivity index (χ2n) is 7.97. The van der Waals surface area contributed by atoms with E-state index < -0.39 is 26.6 Å². The molecule has 0 radical (unpaired) electrons. The molecule has 3 rings (SSSR count). The molecular weight excluding hydrogens is 454 g/mol. The number of hydrogen-bond donors (Lipinski definition) is 1. The number of rotatable bonds is 9. The zero-order valence-corrected chi connectivity index (χ0v) is 19.4. The maximum Gasteiger partial charge on any atom is 0.293 e. The Morgan fingerprint density at radius 1 is 1.09 bits per heavy atom. The third-order valence-corrected chi connectivity index (χ3v) is 7.89. The van der Waals surface area contributed by atoms with E-state index in [2.05, 4.69) is 10.2 Å². The van der Waals surface area contributed by atoms with Crippen LogP contribution in [-0.4, -0.2) is 54.8 Å². The highest BCUT2D eigenvalue weighted by atomic mass is 32.2. The van der Waals surface area contributed by atoms with Crippen molar-refractivity contribution >= 4 is 21.4 Å². The van der Waals surface area contributed by atoms with Crippen LogP contribution in [0.2, 0.25) is 0 Å². The molecule has 1 N–H and O–H groups in total. The summed E-state index contributed by atoms with van der Waals surface area (Å²) in [4.78, 5) is 13.1. The molecule has 2 aromatic carbocycles. The second-order valence-corrected chi connectivity index (χ2v) is 9.91. The fourth-order valence-corrected chi connectivity index (χ4v) is 5.49. The molecule has 11 heteroatoms. The number of halogens is 2. The number of benzene rings is 2. The molecule has 0 amide bonds. The van der Waals surface area contributed by atoms with Gasteiger partial charge in [0.15, 0.2) is 11.6 Å². The summed E-state index contributed by atoms with van der Waals surface area (Å²) in [5.74, 6) is -1.75. The Balaban J connectivity index is 1.67. The highest BCUT2D eigenvalue weighted by molar-refractivity contribution is 7.89. The van der Waals surface area contributed by atoms with E-state index >= 15 is 0 Å². The predicted octanol–water partition coefficient (Wildman–Crippen LogP) is 3.98. The number of nitrogens with one attached hydrogen (secondary N) is 1. The number of likely N-dealkylation sites (tertiary alicyclic amines) is 1. The molecule has 0 spiro atoms. The lowest BCUT2D eigenvalue weighted by Crippen LogP contribution is -2.38. The number of anilines is 1. The Labute approximate surface area is 192 Å². The van der Waals surface area contributed by atoms with Crippen molar-refractivity contribution in [2.45, 2.75) is 44.2 Å². The van der Waals surface area contributed by atoms with Crippen LogP contribution < -0.4 is 5.32 Å². The minimum Gasteiger partial charge on any atom is -0.377 e. The van der Waals surface area contributed by atoms with Gasteiger partial charge in [-0.1, -0.05) is 19.9 Å². The number of sulfonamides is 1. The van der Waals surface area contributed by atoms with Gasteiger partial charge in [-0.2, -0.15) is 4.31 Å². The maximum absolute atomic E-state index is 13.4. The van der Waals surface area contributed by atoms with E-state index in [1.54, 1.807) is 19.9 Å². The topological polar surface area (TPSA) is 95.8 Å². The fraction of sp³-hybridized carbons (Fsp3) is 0.455. The van der Waals surface area contributed by atoms with Crippen LogP contribution in [0.1, 0.15) is 32.3 Å². The van der Waals surface area contributed by atoms with Gasteiger partial charge in [-0.3, -0.25) is 15.0 Å². The SMILES string of the molecule is CCN(CC)S(=O)(=O)c1ccc(NC2CCN(Cc3ccc(F)c(F)c3)CC2)c([N+](=O)[O-])c1. The number of nitro groups is 1. The summed E-state index contributed by atoms with van der Waals surface area (Å²) >= 11 is 0. The van der Waals surface area contributed by atoms with Gasteiger partial charge in [0.25, 0.3) is 5.69 Å². The first-order valence-electron chi connectivity index (χ1n) is 10.9. The molecule has 1 aliphatic rings. The highest BCUT2D eigenvalue weighted by Gasteiger charge is 2.27. The summed E-state index contributed by atoms with van der Waals surface area (Å²) in [5, 5.41) is 14.8. The van der Waals surface area contributed by atoms with E-state index in [9.17, 15) is 27.3 Å². The fourth-order valence-electron chi connectivity index (χ4n) is 4.01. The van der Waals surface area contributed by atoms with Crippen molar-refractivity contribution in [1.29, 1.82) is 0 Å². The molecule has 2 aromatic rings. The van der Waals surface area contributed by atoms with E-state index in [1.807, 2.05) is 0 Å². The molecule has 0 atom stereocenters. The molecule has 33 heavy (non-hydrogen) atoms. The Hall–Kier alpha value is -2.63. The van der Waals surface area contributed by atoms with Crippen molar-refractivity contribution in [3.8, 4) is 0 Å². The Morgan fingerprint density at radius 2 is 1.76 bits per heavy atom. The monoisotopic (exact) mass is 482 g/mol. The van der Waals surface area contributed by atoms with Crippen LogP contribution in [0.25, 0.3) is 0 Å². The first-order chi connectivity index (χ1) is 15.6. The summed E-state index contributed by atoms with van der Waals surface area (Å²) in [6, 6.07) is 7.77. The molecule has 0 saturated carbocycles. The average molecular weight is 483 g/mol. The zero-order valence-electron chi connectivity index (χ0n) is 18.6. The van der Waals surface area contributed by atoms with Crippen molar-refractivity contribution in [3.05, 3.63) is 63.7 Å². The molecule has 1 heterocycles. The number of hydrogen-bond acceptors (Lipinski definition) is 6. The number of nitrogens with zero attached hydrogens (tertiary/aromatic N) is 3. The molecule has 0 bridgehead atoms. The average Bonchev–Trinajstić information content (AvgIpc) is 2.78. The summed E-state index contributed by atoms with van der Waals surface area (Å²) in [5.41, 5.74) is 0.672. The van der Waals surface area contributed by atoms with Crippen LogP contribution in [0.4, 0.5) is 20.2 Å². The standard InChI is InChI=1S/C22H28F2N4O4S/c1-3-27(4-2)33(31,32)18-6-8-21(22(14-18)28(29)30)25-17-9-11-26(12-10-17)15-16-5-7-19(23)20(24)13-16/h5-8,13-14,17,25H,3-4,9-12,15H2,1-2H3. The molecule has 8 nitrogen and oxygen atoms in total. The minimum atomic E-state index is -3.81. The van der Waals surface area contributed by atoms with Gasteiger partial charge < -0.3 is 5.32 Å². The summed E-state index contributed by atoms with van der Waals surface area (Å²) in [7, 11) is -3.81. The van der Waals surface area contributed by atoms with Crippen LogP contribution in [0.5, 0.6) is 0 Å². The van der Waals surface area contributed by atoms with Crippen molar-refractivity contribution in [2.75, 3.05) is 31.5 Å². The lowest BCUT2D eigenvalue weighted by molar-refractivity contribution is -0.384. The summed E-state index contributed by atoms with van der Waals surface area (Å²) in [6.45, 7) is 5.82. The van der Waals surface area contributed by atoms with E-state index in [-0.39, 0.29) is 35.4 Å². The van der Waals surface area contributed by atoms with E-state index in [1.165, 1.54) is 22.5 Å². The van der Waals surface area contributed by atoms with Crippen LogP contribution in [0.15, 0.2) is 41.3 Å². The summed E-state index contributed by atoms with van der Waals surface area (Å²) in [6.07, 6.45) is 1.39. The first kappa shape index (κ1) is 25.0. The highest BCUT2D eigenvalue weighted by Crippen LogP contribution is 2.31. The third-order valence-electron chi connectivity index (χ3n) is 5.85. The molecule has 1 fully saturated rings. The van der Waals surface area contributed by atoms with E-state index in [4.69, 9.17) is 0 Å². The van der Waals surface area contributed by atoms with Gasteiger partial charge in [-0.15, -0.1) is 0 Å². The minimum absolute atomic E-state index is 0.0323. The van der Waals surface area contributed by atoms with Crippen molar-refractivity contribution in [3.63, 3.8) is 0 Å². The summed E-state index contributed by atoms with van der Waals surface area (Å²) < 4.78 is 53.2. The van der Waals surface area contributed by atoms with E-state index in [0.717, 1.165) is 12.1 Å². The number of nitro benzene ring substituents is 1. The van der Waals surface area contributed by atoms with Gasteiger partial charge in [0, 0.05) is 44.8 Å². The molecule has 1 saturated heterocycles. The molecule has 0 aliphatic carbocycles. The van der Waals surface area contributed by atoms with Crippen molar-refractivity contribution in [1.82, 2.24) is 9.21 Å². The molecule has 0 unspecified atom stereocenters. The normalized spacial score (nSPS) is 15.7. The zero-order chi connectivity index (χ0) is 24.2. The lowest BCUT2D eigenvalue weighted by atomic mass is 10.0. The third kappa shape index (κ3) is 5.84. The van der Waals surface area contributed by atoms with Gasteiger partial charge >= 0.3 is 0 Å². The van der Waals surface area contributed by atoms with Crippen molar-refractivity contribution in [2.24, 2.45) is 0 Å². The first-order valence-corrected chi connectivity index (χ1v) is 12.3.